The zero-order valence-electron chi connectivity index (χ0n) is 18.2. The van der Waals surface area contributed by atoms with Crippen molar-refractivity contribution < 1.29 is 81.5 Å². The smallest absolute Gasteiger partial charge is 0.481 e. The van der Waals surface area contributed by atoms with Crippen LogP contribution >= 0.6 is 0 Å². The molecule has 0 radical (unpaired) electrons. The van der Waals surface area contributed by atoms with Gasteiger partial charge >= 0.3 is 31.4 Å². The second-order valence-corrected chi connectivity index (χ2v) is 7.20. The highest BCUT2D eigenvalue weighted by Crippen LogP contribution is 2.53. The summed E-state index contributed by atoms with van der Waals surface area (Å²) in [7, 11) is 0. The summed E-state index contributed by atoms with van der Waals surface area (Å²) in [5.74, 6) is -13.3. The third-order valence-electron chi connectivity index (χ3n) is 4.45. The maximum Gasteiger partial charge on any atom is 0.573 e. The number of hydrogen-bond donors (Lipinski definition) is 2. The van der Waals surface area contributed by atoms with E-state index in [1.807, 2.05) is 0 Å². The van der Waals surface area contributed by atoms with Gasteiger partial charge in [0.25, 0.3) is 0 Å². The first kappa shape index (κ1) is 32.0. The van der Waals surface area contributed by atoms with Gasteiger partial charge in [-0.15, -0.1) is 52.7 Å². The molecule has 2 unspecified atom stereocenters. The summed E-state index contributed by atoms with van der Waals surface area (Å²) < 4.78 is 168. The van der Waals surface area contributed by atoms with E-state index in [9.17, 15) is 57.5 Å². The minimum absolute atomic E-state index is 0.110. The SMILES string of the molecule is CCC(Cc1cc(OC(F)(F)F)c(OC(F)(F)F)c(OC(F)(F)F)c1OC(F)(F)F)CC(CN)C(=O)O. The number of aliphatic carboxylic acids is 1. The second kappa shape index (κ2) is 11.6. The Labute approximate surface area is 199 Å². The lowest BCUT2D eigenvalue weighted by atomic mass is 9.87. The fourth-order valence-electron chi connectivity index (χ4n) is 3.06. The highest BCUT2D eigenvalue weighted by atomic mass is 19.4. The minimum Gasteiger partial charge on any atom is -0.481 e. The third kappa shape index (κ3) is 11.3. The highest BCUT2D eigenvalue weighted by molar-refractivity contribution is 5.70. The van der Waals surface area contributed by atoms with Crippen molar-refractivity contribution in [3.63, 3.8) is 0 Å². The Morgan fingerprint density at radius 3 is 1.62 bits per heavy atom. The van der Waals surface area contributed by atoms with Gasteiger partial charge in [0.05, 0.1) is 5.92 Å². The van der Waals surface area contributed by atoms with Crippen LogP contribution in [-0.2, 0) is 11.2 Å². The summed E-state index contributed by atoms with van der Waals surface area (Å²) in [6.07, 6.45) is -25.3. The Morgan fingerprint density at radius 1 is 0.811 bits per heavy atom. The fraction of sp³-hybridized carbons (Fsp3) is 0.611. The molecule has 0 aromatic heterocycles. The van der Waals surface area contributed by atoms with Gasteiger partial charge in [-0.25, -0.2) is 0 Å². The molecule has 3 N–H and O–H groups in total. The van der Waals surface area contributed by atoms with Crippen LogP contribution in [0.3, 0.4) is 0 Å². The molecule has 37 heavy (non-hydrogen) atoms. The first-order chi connectivity index (χ1) is 16.5. The number of ether oxygens (including phenoxy) is 4. The van der Waals surface area contributed by atoms with Gasteiger partial charge < -0.3 is 29.8 Å². The van der Waals surface area contributed by atoms with Gasteiger partial charge in [0.1, 0.15) is 0 Å². The van der Waals surface area contributed by atoms with Gasteiger partial charge in [0, 0.05) is 12.1 Å². The topological polar surface area (TPSA) is 100 Å². The summed E-state index contributed by atoms with van der Waals surface area (Å²) in [5, 5.41) is 9.11. The Hall–Kier alpha value is -2.99. The Morgan fingerprint density at radius 2 is 1.24 bits per heavy atom. The first-order valence-electron chi connectivity index (χ1n) is 9.70. The quantitative estimate of drug-likeness (QED) is 0.319. The maximum absolute atomic E-state index is 13.0. The van der Waals surface area contributed by atoms with Crippen LogP contribution in [0.1, 0.15) is 25.3 Å². The number of benzene rings is 1. The molecule has 1 aromatic carbocycles. The van der Waals surface area contributed by atoms with Gasteiger partial charge in [-0.2, -0.15) is 0 Å². The normalized spacial score (nSPS) is 14.6. The Kier molecular flexibility index (Phi) is 10.0. The lowest BCUT2D eigenvalue weighted by Gasteiger charge is -2.26. The molecular weight excluding hydrogens is 554 g/mol. The predicted molar refractivity (Wildman–Crippen MR) is 95.5 cm³/mol. The lowest BCUT2D eigenvalue weighted by molar-refractivity contribution is -0.297. The van der Waals surface area contributed by atoms with Crippen molar-refractivity contribution >= 4 is 5.97 Å². The zero-order valence-corrected chi connectivity index (χ0v) is 18.2. The van der Waals surface area contributed by atoms with E-state index in [0.29, 0.717) is 0 Å². The van der Waals surface area contributed by atoms with Crippen LogP contribution in [-0.4, -0.2) is 43.1 Å². The average Bonchev–Trinajstić information content (AvgIpc) is 2.66. The summed E-state index contributed by atoms with van der Waals surface area (Å²) >= 11 is 0. The number of hydrogen-bond acceptors (Lipinski definition) is 6. The Bertz CT molecular complexity index is 926. The van der Waals surface area contributed by atoms with Crippen molar-refractivity contribution in [1.29, 1.82) is 0 Å². The molecule has 2 atom stereocenters. The van der Waals surface area contributed by atoms with Crippen molar-refractivity contribution in [1.82, 2.24) is 0 Å². The molecular formula is C18H17F12NO6. The predicted octanol–water partition coefficient (Wildman–Crippen LogP) is 5.90. The standard InChI is InChI=1S/C18H17F12NO6/c1-2-7(4-9(6-31)14(32)33)3-8-5-10(34-15(19,20)21)12(36-17(25,26)27)13(37-18(28,29)30)11(8)35-16(22,23)24/h5,7,9H,2-4,6,31H2,1H3,(H,32,33). The third-order valence-corrected chi connectivity index (χ3v) is 4.45. The molecule has 0 aliphatic heterocycles. The minimum atomic E-state index is -6.06. The van der Waals surface area contributed by atoms with Crippen molar-refractivity contribution in [2.45, 2.75) is 51.6 Å². The maximum atomic E-state index is 13.0. The number of carboxylic acids is 1. The number of rotatable bonds is 11. The van der Waals surface area contributed by atoms with E-state index in [-0.39, 0.29) is 12.5 Å². The largest absolute Gasteiger partial charge is 0.573 e. The molecule has 0 saturated carbocycles. The van der Waals surface area contributed by atoms with Crippen molar-refractivity contribution in [2.24, 2.45) is 17.6 Å². The monoisotopic (exact) mass is 571 g/mol. The summed E-state index contributed by atoms with van der Waals surface area (Å²) in [6.45, 7) is 0.840. The Balaban J connectivity index is 3.96. The number of halogens is 12. The molecule has 0 bridgehead atoms. The van der Waals surface area contributed by atoms with Gasteiger partial charge in [-0.3, -0.25) is 4.79 Å². The molecule has 0 fully saturated rings. The zero-order chi connectivity index (χ0) is 29.0. The van der Waals surface area contributed by atoms with E-state index < -0.39 is 91.2 Å². The molecule has 0 heterocycles. The van der Waals surface area contributed by atoms with Gasteiger partial charge in [-0.05, 0) is 24.8 Å². The van der Waals surface area contributed by atoms with E-state index in [2.05, 4.69) is 18.9 Å². The molecule has 0 amide bonds. The van der Waals surface area contributed by atoms with E-state index in [4.69, 9.17) is 10.8 Å². The summed E-state index contributed by atoms with van der Waals surface area (Å²) in [5.41, 5.74) is 4.09. The van der Waals surface area contributed by atoms with Crippen molar-refractivity contribution in [2.75, 3.05) is 6.54 Å². The molecule has 214 valence electrons. The van der Waals surface area contributed by atoms with E-state index >= 15 is 0 Å². The van der Waals surface area contributed by atoms with E-state index in [1.165, 1.54) is 6.92 Å². The molecule has 0 saturated heterocycles. The molecule has 1 rings (SSSR count). The van der Waals surface area contributed by atoms with Crippen LogP contribution in [0.25, 0.3) is 0 Å². The average molecular weight is 571 g/mol. The number of nitrogens with two attached hydrogens (primary N) is 1. The first-order valence-corrected chi connectivity index (χ1v) is 9.70. The van der Waals surface area contributed by atoms with Crippen molar-refractivity contribution in [3.05, 3.63) is 11.6 Å². The van der Waals surface area contributed by atoms with Crippen LogP contribution < -0.4 is 24.7 Å². The van der Waals surface area contributed by atoms with Gasteiger partial charge in [-0.1, -0.05) is 13.3 Å². The van der Waals surface area contributed by atoms with Crippen LogP contribution in [0, 0.1) is 11.8 Å². The van der Waals surface area contributed by atoms with Crippen LogP contribution in [0.2, 0.25) is 0 Å². The lowest BCUT2D eigenvalue weighted by Crippen LogP contribution is -2.27. The summed E-state index contributed by atoms with van der Waals surface area (Å²) in [4.78, 5) is 11.2. The number of carboxylic acid groups (broad SMARTS) is 1. The molecule has 0 aliphatic rings. The van der Waals surface area contributed by atoms with Gasteiger partial charge in [0.2, 0.25) is 11.5 Å². The van der Waals surface area contributed by atoms with Gasteiger partial charge in [0.15, 0.2) is 11.5 Å². The molecule has 0 aliphatic carbocycles. The van der Waals surface area contributed by atoms with Crippen molar-refractivity contribution in [3.8, 4) is 23.0 Å². The second-order valence-electron chi connectivity index (χ2n) is 7.20. The van der Waals surface area contributed by atoms with Crippen LogP contribution in [0.5, 0.6) is 23.0 Å². The number of alkyl halides is 12. The molecule has 1 aromatic rings. The van der Waals surface area contributed by atoms with E-state index in [1.54, 1.807) is 0 Å². The molecule has 0 spiro atoms. The fourth-order valence-corrected chi connectivity index (χ4v) is 3.06. The van der Waals surface area contributed by atoms with Crippen LogP contribution in [0.15, 0.2) is 6.07 Å². The summed E-state index contributed by atoms with van der Waals surface area (Å²) in [6, 6.07) is -0.111. The molecule has 7 nitrogen and oxygen atoms in total. The highest BCUT2D eigenvalue weighted by Gasteiger charge is 2.45. The van der Waals surface area contributed by atoms with E-state index in [0.717, 1.165) is 0 Å². The molecule has 19 heteroatoms. The number of carbonyl (C=O) groups is 1. The van der Waals surface area contributed by atoms with Crippen LogP contribution in [0.4, 0.5) is 52.7 Å².